The van der Waals surface area contributed by atoms with Gasteiger partial charge in [-0.3, -0.25) is 0 Å². The van der Waals surface area contributed by atoms with Crippen molar-refractivity contribution in [2.45, 2.75) is 32.0 Å². The molecule has 0 radical (unpaired) electrons. The fourth-order valence-corrected chi connectivity index (χ4v) is 0.982. The highest BCUT2D eigenvalue weighted by Crippen LogP contribution is 2.17. The van der Waals surface area contributed by atoms with Crippen molar-refractivity contribution in [1.82, 2.24) is 0 Å². The highest BCUT2D eigenvalue weighted by Gasteiger charge is 2.31. The van der Waals surface area contributed by atoms with Crippen LogP contribution in [-0.2, 0) is 9.47 Å². The van der Waals surface area contributed by atoms with Gasteiger partial charge in [0.2, 0.25) is 0 Å². The topological polar surface area (TPSA) is 64.7 Å². The Morgan fingerprint density at radius 1 is 1.80 bits per heavy atom. The average molecular weight is 147 g/mol. The molecule has 4 heteroatoms. The van der Waals surface area contributed by atoms with Crippen LogP contribution < -0.4 is 5.73 Å². The fraction of sp³-hybridized carbons (Fsp3) is 1.00. The first-order valence-electron chi connectivity index (χ1n) is 3.44. The highest BCUT2D eigenvalue weighted by atomic mass is 16.7. The fourth-order valence-electron chi connectivity index (χ4n) is 0.982. The second-order valence-corrected chi connectivity index (χ2v) is 2.31. The van der Waals surface area contributed by atoms with Crippen LogP contribution in [-0.4, -0.2) is 30.3 Å². The third-order valence-corrected chi connectivity index (χ3v) is 1.45. The summed E-state index contributed by atoms with van der Waals surface area (Å²) in [6.07, 6.45) is -0.698. The van der Waals surface area contributed by atoms with Crippen molar-refractivity contribution in [3.63, 3.8) is 0 Å². The van der Waals surface area contributed by atoms with Crippen LogP contribution in [0.3, 0.4) is 0 Å². The summed E-state index contributed by atoms with van der Waals surface area (Å²) in [5.74, 6) is 0. The molecular weight excluding hydrogens is 134 g/mol. The van der Waals surface area contributed by atoms with Crippen LogP contribution in [0.4, 0.5) is 0 Å². The molecule has 10 heavy (non-hydrogen) atoms. The first-order valence-corrected chi connectivity index (χ1v) is 3.44. The lowest BCUT2D eigenvalue weighted by Crippen LogP contribution is -2.32. The molecule has 1 aliphatic rings. The van der Waals surface area contributed by atoms with Gasteiger partial charge < -0.3 is 20.3 Å². The lowest BCUT2D eigenvalue weighted by Gasteiger charge is -2.13. The standard InChI is InChI=1S/C6H13NO3/c1-2-9-6-4(7)3-5(8)10-6/h4-6,8H,2-3,7H2,1H3/t4-,5?,6+/m0/s1. The molecule has 1 heterocycles. The molecule has 60 valence electrons. The molecule has 1 fully saturated rings. The molecule has 0 amide bonds. The Bertz CT molecular complexity index is 109. The van der Waals surface area contributed by atoms with Crippen molar-refractivity contribution in [2.75, 3.05) is 6.61 Å². The molecule has 1 rings (SSSR count). The monoisotopic (exact) mass is 147 g/mol. The summed E-state index contributed by atoms with van der Waals surface area (Å²) < 4.78 is 10.0. The molecule has 0 spiro atoms. The Labute approximate surface area is 59.9 Å². The van der Waals surface area contributed by atoms with Crippen molar-refractivity contribution in [2.24, 2.45) is 5.73 Å². The van der Waals surface area contributed by atoms with Gasteiger partial charge in [-0.05, 0) is 6.92 Å². The van der Waals surface area contributed by atoms with E-state index in [0.29, 0.717) is 13.0 Å². The second-order valence-electron chi connectivity index (χ2n) is 2.31. The zero-order chi connectivity index (χ0) is 7.56. The summed E-state index contributed by atoms with van der Waals surface area (Å²) in [7, 11) is 0. The van der Waals surface area contributed by atoms with E-state index >= 15 is 0 Å². The molecular formula is C6H13NO3. The normalized spacial score (nSPS) is 40.5. The van der Waals surface area contributed by atoms with Gasteiger partial charge in [0.1, 0.15) is 0 Å². The number of hydrogen-bond acceptors (Lipinski definition) is 4. The van der Waals surface area contributed by atoms with E-state index in [2.05, 4.69) is 0 Å². The Hall–Kier alpha value is -0.160. The number of rotatable bonds is 2. The van der Waals surface area contributed by atoms with Gasteiger partial charge in [-0.1, -0.05) is 0 Å². The molecule has 3 atom stereocenters. The van der Waals surface area contributed by atoms with Gasteiger partial charge in [-0.25, -0.2) is 0 Å². The summed E-state index contributed by atoms with van der Waals surface area (Å²) in [5.41, 5.74) is 5.55. The van der Waals surface area contributed by atoms with Gasteiger partial charge in [0.15, 0.2) is 12.6 Å². The Morgan fingerprint density at radius 3 is 2.90 bits per heavy atom. The first-order chi connectivity index (χ1) is 4.74. The molecule has 0 aromatic carbocycles. The van der Waals surface area contributed by atoms with Gasteiger partial charge in [0.05, 0.1) is 6.04 Å². The van der Waals surface area contributed by atoms with E-state index < -0.39 is 12.6 Å². The number of ether oxygens (including phenoxy) is 2. The van der Waals surface area contributed by atoms with E-state index in [1.807, 2.05) is 6.92 Å². The van der Waals surface area contributed by atoms with Crippen LogP contribution >= 0.6 is 0 Å². The van der Waals surface area contributed by atoms with E-state index in [0.717, 1.165) is 0 Å². The van der Waals surface area contributed by atoms with E-state index in [9.17, 15) is 0 Å². The molecule has 1 unspecified atom stereocenters. The van der Waals surface area contributed by atoms with Gasteiger partial charge in [0.25, 0.3) is 0 Å². The van der Waals surface area contributed by atoms with Crippen LogP contribution in [0.5, 0.6) is 0 Å². The van der Waals surface area contributed by atoms with Gasteiger partial charge in [-0.2, -0.15) is 0 Å². The van der Waals surface area contributed by atoms with E-state index in [4.69, 9.17) is 20.3 Å². The first kappa shape index (κ1) is 7.94. The zero-order valence-electron chi connectivity index (χ0n) is 5.99. The summed E-state index contributed by atoms with van der Waals surface area (Å²) in [4.78, 5) is 0. The Morgan fingerprint density at radius 2 is 2.50 bits per heavy atom. The average Bonchev–Trinajstić information content (AvgIpc) is 2.13. The third-order valence-electron chi connectivity index (χ3n) is 1.45. The quantitative estimate of drug-likeness (QED) is 0.548. The predicted octanol–water partition coefficient (Wildman–Crippen LogP) is -0.585. The van der Waals surface area contributed by atoms with Gasteiger partial charge in [0, 0.05) is 13.0 Å². The molecule has 3 N–H and O–H groups in total. The van der Waals surface area contributed by atoms with Crippen LogP contribution in [0.15, 0.2) is 0 Å². The Kier molecular flexibility index (Phi) is 2.62. The van der Waals surface area contributed by atoms with Crippen molar-refractivity contribution in [3.05, 3.63) is 0 Å². The summed E-state index contributed by atoms with van der Waals surface area (Å²) in [6, 6.07) is -0.185. The van der Waals surface area contributed by atoms with Crippen molar-refractivity contribution in [1.29, 1.82) is 0 Å². The van der Waals surface area contributed by atoms with Crippen LogP contribution in [0, 0.1) is 0 Å². The number of nitrogens with two attached hydrogens (primary N) is 1. The van der Waals surface area contributed by atoms with Crippen LogP contribution in [0.25, 0.3) is 0 Å². The minimum atomic E-state index is -0.744. The molecule has 0 aromatic rings. The number of aliphatic hydroxyl groups is 1. The minimum Gasteiger partial charge on any atom is -0.368 e. The molecule has 0 aliphatic carbocycles. The van der Waals surface area contributed by atoms with E-state index in [1.54, 1.807) is 0 Å². The minimum absolute atomic E-state index is 0.185. The van der Waals surface area contributed by atoms with Gasteiger partial charge in [-0.15, -0.1) is 0 Å². The van der Waals surface area contributed by atoms with Crippen molar-refractivity contribution >= 4 is 0 Å². The second kappa shape index (κ2) is 3.30. The number of aliphatic hydroxyl groups excluding tert-OH is 1. The third kappa shape index (κ3) is 1.67. The molecule has 1 saturated heterocycles. The van der Waals surface area contributed by atoms with E-state index in [-0.39, 0.29) is 6.04 Å². The molecule has 4 nitrogen and oxygen atoms in total. The smallest absolute Gasteiger partial charge is 0.175 e. The molecule has 0 aromatic heterocycles. The van der Waals surface area contributed by atoms with Crippen LogP contribution in [0.2, 0.25) is 0 Å². The summed E-state index contributed by atoms with van der Waals surface area (Å²) in [5, 5.41) is 8.91. The summed E-state index contributed by atoms with van der Waals surface area (Å²) >= 11 is 0. The lowest BCUT2D eigenvalue weighted by molar-refractivity contribution is -0.186. The molecule has 0 saturated carbocycles. The largest absolute Gasteiger partial charge is 0.368 e. The maximum atomic E-state index is 8.91. The maximum Gasteiger partial charge on any atom is 0.175 e. The SMILES string of the molecule is CCO[C@@H]1OC(O)C[C@@H]1N. The van der Waals surface area contributed by atoms with Crippen molar-refractivity contribution in [3.8, 4) is 0 Å². The van der Waals surface area contributed by atoms with Gasteiger partial charge >= 0.3 is 0 Å². The molecule has 0 bridgehead atoms. The predicted molar refractivity (Wildman–Crippen MR) is 35.1 cm³/mol. The maximum absolute atomic E-state index is 8.91. The number of hydrogen-bond donors (Lipinski definition) is 2. The van der Waals surface area contributed by atoms with E-state index in [1.165, 1.54) is 0 Å². The molecule has 1 aliphatic heterocycles. The lowest BCUT2D eigenvalue weighted by atomic mass is 10.2. The summed E-state index contributed by atoms with van der Waals surface area (Å²) in [6.45, 7) is 2.42. The zero-order valence-corrected chi connectivity index (χ0v) is 5.99. The Balaban J connectivity index is 2.31. The van der Waals surface area contributed by atoms with Crippen molar-refractivity contribution < 1.29 is 14.6 Å². The van der Waals surface area contributed by atoms with Crippen LogP contribution in [0.1, 0.15) is 13.3 Å². The highest BCUT2D eigenvalue weighted by molar-refractivity contribution is 4.74.